The van der Waals surface area contributed by atoms with Crippen LogP contribution in [0.3, 0.4) is 0 Å². The Bertz CT molecular complexity index is 787. The van der Waals surface area contributed by atoms with Gasteiger partial charge in [-0.15, -0.1) is 0 Å². The lowest BCUT2D eigenvalue weighted by atomic mass is 10.0. The first-order chi connectivity index (χ1) is 11.5. The molecule has 0 aromatic heterocycles. The predicted molar refractivity (Wildman–Crippen MR) is 94.6 cm³/mol. The van der Waals surface area contributed by atoms with E-state index in [1.807, 2.05) is 43.4 Å². The molecule has 0 aliphatic carbocycles. The molecule has 1 unspecified atom stereocenters. The van der Waals surface area contributed by atoms with E-state index in [4.69, 9.17) is 4.74 Å². The van der Waals surface area contributed by atoms with E-state index in [0.29, 0.717) is 10.2 Å². The molecule has 0 radical (unpaired) electrons. The van der Waals surface area contributed by atoms with Crippen molar-refractivity contribution in [3.63, 3.8) is 0 Å². The van der Waals surface area contributed by atoms with Crippen LogP contribution in [0.5, 0.6) is 5.75 Å². The zero-order chi connectivity index (χ0) is 17.2. The number of quaternary nitrogens is 1. The number of carboxylic acid groups (broad SMARTS) is 1. The number of benzene rings is 2. The number of ether oxygens (including phenoxy) is 1. The fraction of sp³-hybridized carbons (Fsp3) is 0.263. The first-order valence-electron chi connectivity index (χ1n) is 8.03. The minimum Gasteiger partial charge on any atom is -0.489 e. The van der Waals surface area contributed by atoms with E-state index in [-0.39, 0.29) is 12.2 Å². The summed E-state index contributed by atoms with van der Waals surface area (Å²) in [5.41, 5.74) is 2.82. The monoisotopic (exact) mass is 325 g/mol. The largest absolute Gasteiger partial charge is 0.489 e. The fourth-order valence-corrected chi connectivity index (χ4v) is 3.03. The first-order valence-corrected chi connectivity index (χ1v) is 8.03. The van der Waals surface area contributed by atoms with Crippen LogP contribution in [-0.4, -0.2) is 30.9 Å². The van der Waals surface area contributed by atoms with Gasteiger partial charge < -0.3 is 9.84 Å². The number of hydrogen-bond acceptors (Lipinski definition) is 3. The van der Waals surface area contributed by atoms with Crippen molar-refractivity contribution in [3.8, 4) is 5.75 Å². The van der Waals surface area contributed by atoms with E-state index >= 15 is 0 Å². The summed E-state index contributed by atoms with van der Waals surface area (Å²) in [7, 11) is 2.04. The molecule has 0 saturated heterocycles. The Morgan fingerprint density at radius 2 is 2.00 bits per heavy atom. The number of nitrogens with zero attached hydrogens (tertiary/aromatic N) is 2. The van der Waals surface area contributed by atoms with Gasteiger partial charge in [0.1, 0.15) is 18.9 Å². The molecule has 1 heterocycles. The summed E-state index contributed by atoms with van der Waals surface area (Å²) in [6.45, 7) is 3.20. The molecule has 5 nitrogen and oxygen atoms in total. The zero-order valence-electron chi connectivity index (χ0n) is 13.9. The van der Waals surface area contributed by atoms with Gasteiger partial charge in [-0.25, -0.2) is 4.79 Å². The van der Waals surface area contributed by atoms with Gasteiger partial charge in [0, 0.05) is 11.6 Å². The van der Waals surface area contributed by atoms with Crippen LogP contribution in [0.15, 0.2) is 47.6 Å². The number of rotatable bonds is 6. The van der Waals surface area contributed by atoms with Crippen molar-refractivity contribution in [1.82, 2.24) is 4.59 Å². The van der Waals surface area contributed by atoms with Gasteiger partial charge >= 0.3 is 5.97 Å². The number of fused-ring (bicyclic) bond motifs is 1. The molecular formula is C19H21N2O3+. The SMILES string of the molecule is CCC[N+]1(C)N=Cc2cc(C(=O)O)c(COc3ccccc3)cc21. The van der Waals surface area contributed by atoms with E-state index in [0.717, 1.165) is 30.0 Å². The Labute approximate surface area is 141 Å². The number of carbonyl (C=O) groups is 1. The summed E-state index contributed by atoms with van der Waals surface area (Å²) < 4.78 is 6.21. The van der Waals surface area contributed by atoms with E-state index in [2.05, 4.69) is 12.0 Å². The van der Waals surface area contributed by atoms with Crippen molar-refractivity contribution < 1.29 is 14.6 Å². The Kier molecular flexibility index (Phi) is 4.36. The maximum absolute atomic E-state index is 11.6. The molecule has 0 spiro atoms. The summed E-state index contributed by atoms with van der Waals surface area (Å²) in [6.07, 6.45) is 2.75. The van der Waals surface area contributed by atoms with Gasteiger partial charge in [-0.05, 0) is 24.6 Å². The molecular weight excluding hydrogens is 304 g/mol. The van der Waals surface area contributed by atoms with Crippen LogP contribution in [0.1, 0.15) is 34.8 Å². The molecule has 1 aliphatic heterocycles. The third kappa shape index (κ3) is 3.03. The summed E-state index contributed by atoms with van der Waals surface area (Å²) in [5, 5.41) is 14.1. The lowest BCUT2D eigenvalue weighted by Gasteiger charge is -2.24. The van der Waals surface area contributed by atoms with Crippen LogP contribution in [-0.2, 0) is 6.61 Å². The van der Waals surface area contributed by atoms with Crippen molar-refractivity contribution in [2.45, 2.75) is 20.0 Å². The first kappa shape index (κ1) is 16.2. The second-order valence-corrected chi connectivity index (χ2v) is 6.08. The highest BCUT2D eigenvalue weighted by molar-refractivity contribution is 5.97. The Morgan fingerprint density at radius 1 is 1.25 bits per heavy atom. The number of hydrogen-bond donors (Lipinski definition) is 1. The van der Waals surface area contributed by atoms with Crippen molar-refractivity contribution in [1.29, 1.82) is 0 Å². The third-order valence-corrected chi connectivity index (χ3v) is 4.25. The summed E-state index contributed by atoms with van der Waals surface area (Å²) in [6, 6.07) is 13.0. The molecule has 3 rings (SSSR count). The molecule has 2 aromatic rings. The third-order valence-electron chi connectivity index (χ3n) is 4.25. The number of carboxylic acids is 1. The molecule has 2 aromatic carbocycles. The lowest BCUT2D eigenvalue weighted by Crippen LogP contribution is -2.38. The van der Waals surface area contributed by atoms with Crippen molar-refractivity contribution in [2.75, 3.05) is 13.6 Å². The van der Waals surface area contributed by atoms with Gasteiger partial charge in [0.15, 0.2) is 5.69 Å². The van der Waals surface area contributed by atoms with Crippen LogP contribution in [0.4, 0.5) is 5.69 Å². The summed E-state index contributed by atoms with van der Waals surface area (Å²) in [5.74, 6) is -0.231. The Morgan fingerprint density at radius 3 is 2.67 bits per heavy atom. The van der Waals surface area contributed by atoms with Gasteiger partial charge in [0.2, 0.25) is 0 Å². The average Bonchev–Trinajstić information content (AvgIpc) is 2.90. The van der Waals surface area contributed by atoms with E-state index in [9.17, 15) is 9.90 Å². The fourth-order valence-electron chi connectivity index (χ4n) is 3.03. The molecule has 5 heteroatoms. The standard InChI is InChI=1S/C19H20N2O3/c1-3-9-21(2)18-11-15(13-24-16-7-5-4-6-8-16)17(19(22)23)10-14(18)12-20-21/h4-8,10-12H,3,9,13H2,1-2H3/p+1. The van der Waals surface area contributed by atoms with Crippen molar-refractivity contribution >= 4 is 17.9 Å². The van der Waals surface area contributed by atoms with Crippen LogP contribution < -0.4 is 9.33 Å². The highest BCUT2D eigenvalue weighted by atomic mass is 16.5. The molecule has 0 saturated carbocycles. The average molecular weight is 325 g/mol. The van der Waals surface area contributed by atoms with Gasteiger partial charge in [-0.2, -0.15) is 4.59 Å². The Hall–Kier alpha value is -2.66. The summed E-state index contributed by atoms with van der Waals surface area (Å²) >= 11 is 0. The van der Waals surface area contributed by atoms with E-state index < -0.39 is 5.97 Å². The van der Waals surface area contributed by atoms with Crippen molar-refractivity contribution in [3.05, 3.63) is 59.2 Å². The minimum atomic E-state index is -0.950. The van der Waals surface area contributed by atoms with Crippen LogP contribution in [0.25, 0.3) is 0 Å². The molecule has 0 fully saturated rings. The topological polar surface area (TPSA) is 58.9 Å². The second-order valence-electron chi connectivity index (χ2n) is 6.08. The maximum atomic E-state index is 11.6. The zero-order valence-corrected chi connectivity index (χ0v) is 13.9. The highest BCUT2D eigenvalue weighted by Gasteiger charge is 2.33. The summed E-state index contributed by atoms with van der Waals surface area (Å²) in [4.78, 5) is 11.6. The normalized spacial score (nSPS) is 18.4. The molecule has 1 N–H and O–H groups in total. The second kappa shape index (κ2) is 6.45. The van der Waals surface area contributed by atoms with Crippen LogP contribution in [0, 0.1) is 0 Å². The molecule has 24 heavy (non-hydrogen) atoms. The predicted octanol–water partition coefficient (Wildman–Crippen LogP) is 3.66. The molecule has 0 amide bonds. The molecule has 0 bridgehead atoms. The van der Waals surface area contributed by atoms with Gasteiger partial charge in [0.05, 0.1) is 24.4 Å². The number of aromatic carboxylic acids is 1. The van der Waals surface area contributed by atoms with Crippen LogP contribution >= 0.6 is 0 Å². The molecule has 1 aliphatic rings. The van der Waals surface area contributed by atoms with Gasteiger partial charge in [0.25, 0.3) is 0 Å². The van der Waals surface area contributed by atoms with Gasteiger partial charge in [-0.3, -0.25) is 0 Å². The lowest BCUT2D eigenvalue weighted by molar-refractivity contribution is 0.0694. The molecule has 1 atom stereocenters. The van der Waals surface area contributed by atoms with E-state index in [1.165, 1.54) is 0 Å². The minimum absolute atomic E-state index is 0.213. The van der Waals surface area contributed by atoms with Gasteiger partial charge in [-0.1, -0.05) is 30.2 Å². The highest BCUT2D eigenvalue weighted by Crippen LogP contribution is 2.34. The van der Waals surface area contributed by atoms with Crippen LogP contribution in [0.2, 0.25) is 0 Å². The molecule has 124 valence electrons. The van der Waals surface area contributed by atoms with Crippen molar-refractivity contribution in [2.24, 2.45) is 5.10 Å². The number of para-hydroxylation sites is 1. The smallest absolute Gasteiger partial charge is 0.336 e. The quantitative estimate of drug-likeness (QED) is 0.825. The van der Waals surface area contributed by atoms with E-state index in [1.54, 1.807) is 12.3 Å². The Balaban J connectivity index is 1.95. The maximum Gasteiger partial charge on any atom is 0.336 e.